The van der Waals surface area contributed by atoms with Gasteiger partial charge in [-0.1, -0.05) is 6.07 Å². The van der Waals surface area contributed by atoms with Gasteiger partial charge in [-0.2, -0.15) is 0 Å². The molecule has 2 heterocycles. The Morgan fingerprint density at radius 3 is 2.65 bits per heavy atom. The van der Waals surface area contributed by atoms with E-state index in [0.29, 0.717) is 23.3 Å². The Kier molecular flexibility index (Phi) is 7.83. The number of aromatic amines is 1. The molecule has 0 radical (unpaired) electrons. The highest BCUT2D eigenvalue weighted by atomic mass is 19.1. The topological polar surface area (TPSA) is 116 Å². The molecule has 0 aliphatic heterocycles. The Labute approximate surface area is 213 Å². The fraction of sp³-hybridized carbons (Fsp3) is 0.250. The van der Waals surface area contributed by atoms with Crippen molar-refractivity contribution >= 4 is 22.7 Å². The molecular weight excluding hydrogens is 475 g/mol. The van der Waals surface area contributed by atoms with E-state index < -0.39 is 23.7 Å². The molecule has 2 aromatic heterocycles. The van der Waals surface area contributed by atoms with Crippen LogP contribution >= 0.6 is 0 Å². The third kappa shape index (κ3) is 5.95. The van der Waals surface area contributed by atoms with E-state index in [-0.39, 0.29) is 23.8 Å². The van der Waals surface area contributed by atoms with Crippen molar-refractivity contribution in [2.45, 2.75) is 32.4 Å². The molecule has 37 heavy (non-hydrogen) atoms. The first-order valence-electron chi connectivity index (χ1n) is 11.9. The van der Waals surface area contributed by atoms with E-state index in [1.54, 1.807) is 36.7 Å². The molecule has 1 atom stereocenters. The van der Waals surface area contributed by atoms with Crippen LogP contribution in [0.15, 0.2) is 61.1 Å². The average Bonchev–Trinajstić information content (AvgIpc) is 3.29. The zero-order valence-corrected chi connectivity index (χ0v) is 20.8. The van der Waals surface area contributed by atoms with Crippen molar-refractivity contribution in [3.63, 3.8) is 0 Å². The van der Waals surface area contributed by atoms with Crippen LogP contribution in [-0.2, 0) is 6.42 Å². The van der Waals surface area contributed by atoms with E-state index in [9.17, 15) is 19.1 Å². The average molecular weight is 505 g/mol. The number of aliphatic hydroxyl groups is 1. The number of fused-ring (bicyclic) bond motifs is 1. The van der Waals surface area contributed by atoms with E-state index in [1.165, 1.54) is 13.1 Å². The summed E-state index contributed by atoms with van der Waals surface area (Å²) in [4.78, 5) is 32.8. The summed E-state index contributed by atoms with van der Waals surface area (Å²) in [6, 6.07) is 10.2. The molecule has 2 amide bonds. The number of amides is 2. The number of ether oxygens (including phenoxy) is 1. The summed E-state index contributed by atoms with van der Waals surface area (Å²) in [7, 11) is 1.47. The molecule has 0 bridgehead atoms. The molecule has 192 valence electrons. The van der Waals surface area contributed by atoms with Gasteiger partial charge in [0.1, 0.15) is 11.6 Å². The second-order valence-corrected chi connectivity index (χ2v) is 8.98. The number of halogens is 1. The predicted molar refractivity (Wildman–Crippen MR) is 139 cm³/mol. The fourth-order valence-corrected chi connectivity index (χ4v) is 4.15. The summed E-state index contributed by atoms with van der Waals surface area (Å²) in [6.45, 7) is 3.41. The SMILES string of the molecule is CNC(=O)c1cc(F)cc(-c2ccc(OC(C)C)c(C(=O)NC(CO)Cc3c[nH]c4ccncc34)c2)c1. The van der Waals surface area contributed by atoms with E-state index in [4.69, 9.17) is 4.74 Å². The maximum Gasteiger partial charge on any atom is 0.255 e. The van der Waals surface area contributed by atoms with Crippen LogP contribution in [0, 0.1) is 5.82 Å². The molecule has 9 heteroatoms. The number of H-pyrrole nitrogens is 1. The van der Waals surface area contributed by atoms with Crippen molar-refractivity contribution in [3.8, 4) is 16.9 Å². The Morgan fingerprint density at radius 1 is 1.11 bits per heavy atom. The molecule has 2 aromatic carbocycles. The molecule has 1 unspecified atom stereocenters. The number of carbonyl (C=O) groups excluding carboxylic acids is 2. The van der Waals surface area contributed by atoms with Gasteiger partial charge in [0, 0.05) is 42.1 Å². The summed E-state index contributed by atoms with van der Waals surface area (Å²) < 4.78 is 20.2. The molecule has 0 spiro atoms. The van der Waals surface area contributed by atoms with Crippen molar-refractivity contribution in [1.82, 2.24) is 20.6 Å². The highest BCUT2D eigenvalue weighted by Gasteiger charge is 2.21. The van der Waals surface area contributed by atoms with Crippen molar-refractivity contribution in [2.75, 3.05) is 13.7 Å². The minimum absolute atomic E-state index is 0.166. The summed E-state index contributed by atoms with van der Waals surface area (Å²) in [5.41, 5.74) is 3.20. The van der Waals surface area contributed by atoms with Gasteiger partial charge < -0.3 is 25.5 Å². The number of pyridine rings is 1. The summed E-state index contributed by atoms with van der Waals surface area (Å²) in [5.74, 6) is -1.08. The lowest BCUT2D eigenvalue weighted by molar-refractivity contribution is 0.0909. The van der Waals surface area contributed by atoms with Crippen LogP contribution in [0.25, 0.3) is 22.0 Å². The van der Waals surface area contributed by atoms with Gasteiger partial charge in [0.25, 0.3) is 11.8 Å². The number of hydrogen-bond acceptors (Lipinski definition) is 5. The van der Waals surface area contributed by atoms with Gasteiger partial charge in [0.2, 0.25) is 0 Å². The lowest BCUT2D eigenvalue weighted by Crippen LogP contribution is -2.39. The lowest BCUT2D eigenvalue weighted by Gasteiger charge is -2.19. The largest absolute Gasteiger partial charge is 0.490 e. The third-order valence-corrected chi connectivity index (χ3v) is 5.90. The smallest absolute Gasteiger partial charge is 0.255 e. The van der Waals surface area contributed by atoms with E-state index >= 15 is 0 Å². The predicted octanol–water partition coefficient (Wildman–Crippen LogP) is 3.85. The van der Waals surface area contributed by atoms with Crippen LogP contribution < -0.4 is 15.4 Å². The molecule has 0 aliphatic rings. The van der Waals surface area contributed by atoms with Gasteiger partial charge in [0.15, 0.2) is 0 Å². The molecule has 4 N–H and O–H groups in total. The Balaban J connectivity index is 1.65. The molecule has 0 saturated carbocycles. The molecule has 0 saturated heterocycles. The first-order chi connectivity index (χ1) is 17.8. The zero-order valence-electron chi connectivity index (χ0n) is 20.8. The van der Waals surface area contributed by atoms with Crippen molar-refractivity contribution in [3.05, 3.63) is 83.6 Å². The van der Waals surface area contributed by atoms with Crippen LogP contribution in [0.3, 0.4) is 0 Å². The number of carbonyl (C=O) groups is 2. The highest BCUT2D eigenvalue weighted by molar-refractivity contribution is 5.99. The number of rotatable bonds is 9. The Bertz CT molecular complexity index is 1430. The summed E-state index contributed by atoms with van der Waals surface area (Å²) in [6.07, 6.45) is 5.45. The second-order valence-electron chi connectivity index (χ2n) is 8.98. The van der Waals surface area contributed by atoms with E-state index in [1.807, 2.05) is 26.1 Å². The number of nitrogens with zero attached hydrogens (tertiary/aromatic N) is 1. The van der Waals surface area contributed by atoms with Crippen LogP contribution in [0.1, 0.15) is 40.1 Å². The van der Waals surface area contributed by atoms with Crippen LogP contribution in [0.2, 0.25) is 0 Å². The second kappa shape index (κ2) is 11.2. The first kappa shape index (κ1) is 25.8. The zero-order chi connectivity index (χ0) is 26.5. The number of aromatic nitrogens is 2. The van der Waals surface area contributed by atoms with Gasteiger partial charge in [-0.3, -0.25) is 14.6 Å². The van der Waals surface area contributed by atoms with Gasteiger partial charge in [-0.05, 0) is 73.4 Å². The highest BCUT2D eigenvalue weighted by Crippen LogP contribution is 2.29. The maximum absolute atomic E-state index is 14.3. The Morgan fingerprint density at radius 2 is 1.92 bits per heavy atom. The van der Waals surface area contributed by atoms with Gasteiger partial charge in [0.05, 0.1) is 24.3 Å². The normalized spacial score (nSPS) is 11.9. The quantitative estimate of drug-likeness (QED) is 0.276. The molecular formula is C28H29FN4O4. The minimum Gasteiger partial charge on any atom is -0.490 e. The lowest BCUT2D eigenvalue weighted by atomic mass is 9.99. The van der Waals surface area contributed by atoms with E-state index in [2.05, 4.69) is 20.6 Å². The van der Waals surface area contributed by atoms with Crippen LogP contribution in [0.4, 0.5) is 4.39 Å². The molecule has 0 aliphatic carbocycles. The van der Waals surface area contributed by atoms with Crippen molar-refractivity contribution < 1.29 is 23.8 Å². The van der Waals surface area contributed by atoms with Gasteiger partial charge in [-0.15, -0.1) is 0 Å². The van der Waals surface area contributed by atoms with Crippen LogP contribution in [-0.4, -0.2) is 52.7 Å². The van der Waals surface area contributed by atoms with Crippen LogP contribution in [0.5, 0.6) is 5.75 Å². The molecule has 8 nitrogen and oxygen atoms in total. The van der Waals surface area contributed by atoms with Crippen molar-refractivity contribution in [1.29, 1.82) is 0 Å². The van der Waals surface area contributed by atoms with Gasteiger partial charge in [-0.25, -0.2) is 4.39 Å². The monoisotopic (exact) mass is 504 g/mol. The van der Waals surface area contributed by atoms with E-state index in [0.717, 1.165) is 22.5 Å². The summed E-state index contributed by atoms with van der Waals surface area (Å²) in [5, 5.41) is 16.3. The number of nitrogens with one attached hydrogen (secondary N) is 3. The standard InChI is InChI=1S/C28H29FN4O4/c1-16(2)37-26-5-4-17(18-8-19(27(35)30-3)10-21(29)9-18)12-23(26)28(36)33-22(15-34)11-20-13-32-25-6-7-31-14-24(20)25/h4-10,12-14,16,22,32,34H,11,15H2,1-3H3,(H,30,35)(H,33,36). The van der Waals surface area contributed by atoms with Crippen molar-refractivity contribution in [2.24, 2.45) is 0 Å². The molecule has 4 aromatic rings. The maximum atomic E-state index is 14.3. The van der Waals surface area contributed by atoms with Gasteiger partial charge >= 0.3 is 0 Å². The molecule has 0 fully saturated rings. The number of aliphatic hydroxyl groups excluding tert-OH is 1. The minimum atomic E-state index is -0.573. The number of hydrogen-bond donors (Lipinski definition) is 4. The third-order valence-electron chi connectivity index (χ3n) is 5.90. The first-order valence-corrected chi connectivity index (χ1v) is 11.9. The Hall–Kier alpha value is -4.24. The summed E-state index contributed by atoms with van der Waals surface area (Å²) >= 11 is 0. The fourth-order valence-electron chi connectivity index (χ4n) is 4.15. The number of benzene rings is 2. The molecule has 4 rings (SSSR count).